The van der Waals surface area contributed by atoms with E-state index in [0.29, 0.717) is 6.54 Å². The zero-order valence-electron chi connectivity index (χ0n) is 7.55. The standard InChI is InChI=1S/C9H21NO/c1-2-3-4-6-9(11)7-5-8-10/h9,11H,2-8,10H2,1H3. The summed E-state index contributed by atoms with van der Waals surface area (Å²) in [5.41, 5.74) is 5.32. The molecule has 0 saturated heterocycles. The highest BCUT2D eigenvalue weighted by atomic mass is 16.3. The van der Waals surface area contributed by atoms with Gasteiger partial charge in [-0.3, -0.25) is 0 Å². The highest BCUT2D eigenvalue weighted by Gasteiger charge is 2.01. The Bertz CT molecular complexity index is 76.0. The van der Waals surface area contributed by atoms with Crippen LogP contribution in [-0.4, -0.2) is 17.8 Å². The van der Waals surface area contributed by atoms with E-state index >= 15 is 0 Å². The Morgan fingerprint density at radius 2 is 1.82 bits per heavy atom. The Balaban J connectivity index is 3.02. The number of hydrogen-bond acceptors (Lipinski definition) is 2. The molecule has 0 aliphatic carbocycles. The second-order valence-corrected chi connectivity index (χ2v) is 3.08. The minimum absolute atomic E-state index is 0.106. The predicted molar refractivity (Wildman–Crippen MR) is 48.4 cm³/mol. The fourth-order valence-electron chi connectivity index (χ4n) is 1.13. The lowest BCUT2D eigenvalue weighted by molar-refractivity contribution is 0.149. The summed E-state index contributed by atoms with van der Waals surface area (Å²) >= 11 is 0. The minimum atomic E-state index is -0.106. The largest absolute Gasteiger partial charge is 0.393 e. The molecular weight excluding hydrogens is 138 g/mol. The van der Waals surface area contributed by atoms with Crippen LogP contribution in [0.4, 0.5) is 0 Å². The first-order chi connectivity index (χ1) is 5.31. The predicted octanol–water partition coefficient (Wildman–Crippen LogP) is 1.67. The van der Waals surface area contributed by atoms with Crippen LogP contribution in [0.5, 0.6) is 0 Å². The first-order valence-electron chi connectivity index (χ1n) is 4.69. The lowest BCUT2D eigenvalue weighted by Crippen LogP contribution is -2.09. The first-order valence-corrected chi connectivity index (χ1v) is 4.69. The second-order valence-electron chi connectivity index (χ2n) is 3.08. The summed E-state index contributed by atoms with van der Waals surface area (Å²) in [6.45, 7) is 2.87. The highest BCUT2D eigenvalue weighted by molar-refractivity contribution is 4.56. The molecule has 0 aromatic rings. The highest BCUT2D eigenvalue weighted by Crippen LogP contribution is 2.07. The normalized spacial score (nSPS) is 13.4. The van der Waals surface area contributed by atoms with Gasteiger partial charge >= 0.3 is 0 Å². The molecule has 1 unspecified atom stereocenters. The van der Waals surface area contributed by atoms with Gasteiger partial charge in [0.05, 0.1) is 6.10 Å². The van der Waals surface area contributed by atoms with E-state index in [-0.39, 0.29) is 6.10 Å². The average molecular weight is 159 g/mol. The summed E-state index contributed by atoms with van der Waals surface area (Å²) < 4.78 is 0. The monoisotopic (exact) mass is 159 g/mol. The maximum atomic E-state index is 9.35. The van der Waals surface area contributed by atoms with Crippen LogP contribution in [0.1, 0.15) is 45.4 Å². The van der Waals surface area contributed by atoms with Crippen LogP contribution in [0.25, 0.3) is 0 Å². The van der Waals surface area contributed by atoms with Gasteiger partial charge in [-0.1, -0.05) is 26.2 Å². The van der Waals surface area contributed by atoms with Gasteiger partial charge in [-0.05, 0) is 25.8 Å². The fraction of sp³-hybridized carbons (Fsp3) is 1.00. The molecule has 0 aliphatic heterocycles. The van der Waals surface area contributed by atoms with Gasteiger partial charge in [0.1, 0.15) is 0 Å². The van der Waals surface area contributed by atoms with Gasteiger partial charge in [0.15, 0.2) is 0 Å². The van der Waals surface area contributed by atoms with Crippen molar-refractivity contribution in [2.24, 2.45) is 5.73 Å². The topological polar surface area (TPSA) is 46.2 Å². The summed E-state index contributed by atoms with van der Waals surface area (Å²) in [4.78, 5) is 0. The summed E-state index contributed by atoms with van der Waals surface area (Å²) in [6, 6.07) is 0. The zero-order chi connectivity index (χ0) is 8.53. The molecule has 68 valence electrons. The maximum Gasteiger partial charge on any atom is 0.0540 e. The van der Waals surface area contributed by atoms with E-state index in [0.717, 1.165) is 25.7 Å². The van der Waals surface area contributed by atoms with E-state index < -0.39 is 0 Å². The van der Waals surface area contributed by atoms with Crippen LogP contribution in [0.3, 0.4) is 0 Å². The molecule has 0 spiro atoms. The van der Waals surface area contributed by atoms with E-state index in [4.69, 9.17) is 5.73 Å². The third-order valence-electron chi connectivity index (χ3n) is 1.88. The lowest BCUT2D eigenvalue weighted by atomic mass is 10.1. The molecule has 2 nitrogen and oxygen atoms in total. The van der Waals surface area contributed by atoms with Gasteiger partial charge in [-0.15, -0.1) is 0 Å². The lowest BCUT2D eigenvalue weighted by Gasteiger charge is -2.08. The van der Waals surface area contributed by atoms with Crippen molar-refractivity contribution in [3.05, 3.63) is 0 Å². The second kappa shape index (κ2) is 8.02. The molecule has 0 bridgehead atoms. The molecule has 0 aromatic heterocycles. The van der Waals surface area contributed by atoms with Crippen LogP contribution in [0.2, 0.25) is 0 Å². The van der Waals surface area contributed by atoms with Crippen molar-refractivity contribution < 1.29 is 5.11 Å². The number of hydrogen-bond donors (Lipinski definition) is 2. The third-order valence-corrected chi connectivity index (χ3v) is 1.88. The van der Waals surface area contributed by atoms with Crippen molar-refractivity contribution in [1.82, 2.24) is 0 Å². The van der Waals surface area contributed by atoms with Crippen LogP contribution in [0, 0.1) is 0 Å². The number of aliphatic hydroxyl groups is 1. The van der Waals surface area contributed by atoms with E-state index in [9.17, 15) is 5.11 Å². The molecular formula is C9H21NO. The molecule has 11 heavy (non-hydrogen) atoms. The van der Waals surface area contributed by atoms with Crippen molar-refractivity contribution in [2.45, 2.75) is 51.6 Å². The number of rotatable bonds is 7. The van der Waals surface area contributed by atoms with Crippen molar-refractivity contribution in [1.29, 1.82) is 0 Å². The Kier molecular flexibility index (Phi) is 7.96. The summed E-state index contributed by atoms with van der Waals surface area (Å²) in [6.07, 6.45) is 6.29. The summed E-state index contributed by atoms with van der Waals surface area (Å²) in [5.74, 6) is 0. The Morgan fingerprint density at radius 3 is 2.36 bits per heavy atom. The molecule has 0 fully saturated rings. The molecule has 3 N–H and O–H groups in total. The summed E-state index contributed by atoms with van der Waals surface area (Å²) in [5, 5.41) is 9.35. The molecule has 0 rings (SSSR count). The van der Waals surface area contributed by atoms with Crippen molar-refractivity contribution in [3.63, 3.8) is 0 Å². The van der Waals surface area contributed by atoms with Crippen LogP contribution in [0.15, 0.2) is 0 Å². The first kappa shape index (κ1) is 10.9. The summed E-state index contributed by atoms with van der Waals surface area (Å²) in [7, 11) is 0. The molecule has 1 atom stereocenters. The third kappa shape index (κ3) is 7.82. The van der Waals surface area contributed by atoms with Gasteiger partial charge in [0.2, 0.25) is 0 Å². The quantitative estimate of drug-likeness (QED) is 0.555. The van der Waals surface area contributed by atoms with Gasteiger partial charge in [-0.25, -0.2) is 0 Å². The van der Waals surface area contributed by atoms with Crippen molar-refractivity contribution in [3.8, 4) is 0 Å². The maximum absolute atomic E-state index is 9.35. The van der Waals surface area contributed by atoms with Crippen molar-refractivity contribution >= 4 is 0 Å². The minimum Gasteiger partial charge on any atom is -0.393 e. The number of aliphatic hydroxyl groups excluding tert-OH is 1. The SMILES string of the molecule is CCCCCC(O)CCCN. The molecule has 0 amide bonds. The Morgan fingerprint density at radius 1 is 1.18 bits per heavy atom. The van der Waals surface area contributed by atoms with E-state index in [1.54, 1.807) is 0 Å². The molecule has 0 aliphatic rings. The van der Waals surface area contributed by atoms with E-state index in [1.165, 1.54) is 12.8 Å². The molecule has 0 heterocycles. The van der Waals surface area contributed by atoms with Crippen LogP contribution >= 0.6 is 0 Å². The van der Waals surface area contributed by atoms with Crippen LogP contribution < -0.4 is 5.73 Å². The van der Waals surface area contributed by atoms with Gasteiger partial charge in [0.25, 0.3) is 0 Å². The smallest absolute Gasteiger partial charge is 0.0540 e. The zero-order valence-corrected chi connectivity index (χ0v) is 7.55. The van der Waals surface area contributed by atoms with Crippen molar-refractivity contribution in [2.75, 3.05) is 6.54 Å². The fourth-order valence-corrected chi connectivity index (χ4v) is 1.13. The van der Waals surface area contributed by atoms with Gasteiger partial charge in [-0.2, -0.15) is 0 Å². The molecule has 0 saturated carbocycles. The molecule has 0 aromatic carbocycles. The van der Waals surface area contributed by atoms with Gasteiger partial charge in [0, 0.05) is 0 Å². The average Bonchev–Trinajstić information content (AvgIpc) is 2.01. The van der Waals surface area contributed by atoms with Gasteiger partial charge < -0.3 is 10.8 Å². The molecule has 2 heteroatoms. The van der Waals surface area contributed by atoms with E-state index in [1.807, 2.05) is 0 Å². The van der Waals surface area contributed by atoms with E-state index in [2.05, 4.69) is 6.92 Å². The number of nitrogens with two attached hydrogens (primary N) is 1. The molecule has 0 radical (unpaired) electrons. The van der Waals surface area contributed by atoms with Crippen LogP contribution in [-0.2, 0) is 0 Å². The Labute approximate surface area is 69.8 Å². The number of unbranched alkanes of at least 4 members (excludes halogenated alkanes) is 2. The Hall–Kier alpha value is -0.0800.